The smallest absolute Gasteiger partial charge is 0.251 e. The first-order valence-electron chi connectivity index (χ1n) is 5.89. The summed E-state index contributed by atoms with van der Waals surface area (Å²) in [6.07, 6.45) is 3.29. The van der Waals surface area contributed by atoms with Crippen molar-refractivity contribution in [3.8, 4) is 5.75 Å². The Bertz CT molecular complexity index is 565. The second-order valence-electron chi connectivity index (χ2n) is 4.02. The van der Waals surface area contributed by atoms with Gasteiger partial charge < -0.3 is 15.8 Å². The maximum atomic E-state index is 11.9. The quantitative estimate of drug-likeness (QED) is 0.837. The maximum Gasteiger partial charge on any atom is 0.251 e. The molecular weight excluding hydrogens is 244 g/mol. The number of nitrogens with one attached hydrogen (secondary N) is 1. The van der Waals surface area contributed by atoms with Crippen LogP contribution in [0.15, 0.2) is 36.7 Å². The number of methoxy groups -OCH3 is 1. The van der Waals surface area contributed by atoms with Crippen molar-refractivity contribution in [1.29, 1.82) is 0 Å². The van der Waals surface area contributed by atoms with Gasteiger partial charge >= 0.3 is 0 Å². The van der Waals surface area contributed by atoms with Gasteiger partial charge in [0.2, 0.25) is 0 Å². The van der Waals surface area contributed by atoms with Crippen LogP contribution in [0.3, 0.4) is 0 Å². The highest BCUT2D eigenvalue weighted by Gasteiger charge is 2.05. The van der Waals surface area contributed by atoms with Gasteiger partial charge in [-0.3, -0.25) is 9.48 Å². The van der Waals surface area contributed by atoms with Gasteiger partial charge in [-0.25, -0.2) is 0 Å². The van der Waals surface area contributed by atoms with E-state index in [0.29, 0.717) is 30.1 Å². The Balaban J connectivity index is 1.87. The topological polar surface area (TPSA) is 82.2 Å². The Morgan fingerprint density at radius 2 is 2.37 bits per heavy atom. The van der Waals surface area contributed by atoms with Crippen molar-refractivity contribution in [2.24, 2.45) is 0 Å². The van der Waals surface area contributed by atoms with Crippen LogP contribution in [0.1, 0.15) is 10.4 Å². The van der Waals surface area contributed by atoms with Crippen molar-refractivity contribution in [1.82, 2.24) is 15.1 Å². The molecule has 2 rings (SSSR count). The van der Waals surface area contributed by atoms with Crippen molar-refractivity contribution in [2.45, 2.75) is 6.54 Å². The molecule has 0 unspecified atom stereocenters. The second kappa shape index (κ2) is 5.90. The minimum absolute atomic E-state index is 0.140. The monoisotopic (exact) mass is 260 g/mol. The summed E-state index contributed by atoms with van der Waals surface area (Å²) in [5.74, 6) is 0.520. The molecule has 0 aliphatic heterocycles. The van der Waals surface area contributed by atoms with Gasteiger partial charge in [0.25, 0.3) is 5.91 Å². The number of anilines is 1. The van der Waals surface area contributed by atoms with Crippen LogP contribution in [0.25, 0.3) is 0 Å². The van der Waals surface area contributed by atoms with Gasteiger partial charge in [-0.15, -0.1) is 0 Å². The molecular formula is C13H16N4O2. The number of carbonyl (C=O) groups is 1. The van der Waals surface area contributed by atoms with Crippen LogP contribution in [0.4, 0.5) is 5.69 Å². The molecule has 6 nitrogen and oxygen atoms in total. The van der Waals surface area contributed by atoms with Gasteiger partial charge in [-0.2, -0.15) is 5.10 Å². The van der Waals surface area contributed by atoms with E-state index in [0.717, 1.165) is 0 Å². The summed E-state index contributed by atoms with van der Waals surface area (Å²) in [4.78, 5) is 11.9. The number of carbonyl (C=O) groups excluding carboxylic acids is 1. The van der Waals surface area contributed by atoms with Crippen LogP contribution >= 0.6 is 0 Å². The number of hydrogen-bond donors (Lipinski definition) is 2. The highest BCUT2D eigenvalue weighted by atomic mass is 16.5. The van der Waals surface area contributed by atoms with Crippen molar-refractivity contribution >= 4 is 11.6 Å². The predicted octanol–water partition coefficient (Wildman–Crippen LogP) is 0.904. The Morgan fingerprint density at radius 1 is 1.53 bits per heavy atom. The Kier molecular flexibility index (Phi) is 4.02. The molecule has 0 spiro atoms. The van der Waals surface area contributed by atoms with Gasteiger partial charge in [-0.1, -0.05) is 6.07 Å². The molecule has 0 radical (unpaired) electrons. The molecule has 0 saturated heterocycles. The summed E-state index contributed by atoms with van der Waals surface area (Å²) in [6, 6.07) is 7.01. The molecule has 0 aliphatic carbocycles. The lowest BCUT2D eigenvalue weighted by Crippen LogP contribution is -2.27. The van der Waals surface area contributed by atoms with E-state index in [1.54, 1.807) is 48.5 Å². The van der Waals surface area contributed by atoms with Gasteiger partial charge in [0.05, 0.1) is 25.5 Å². The number of rotatable bonds is 5. The molecule has 3 N–H and O–H groups in total. The Hall–Kier alpha value is -2.50. The molecule has 0 aliphatic rings. The molecule has 2 aromatic rings. The highest BCUT2D eigenvalue weighted by Crippen LogP contribution is 2.12. The van der Waals surface area contributed by atoms with Crippen molar-refractivity contribution in [2.75, 3.05) is 19.4 Å². The molecule has 1 aromatic heterocycles. The number of benzene rings is 1. The van der Waals surface area contributed by atoms with E-state index in [9.17, 15) is 4.79 Å². The zero-order chi connectivity index (χ0) is 13.7. The maximum absolute atomic E-state index is 11.9. The summed E-state index contributed by atoms with van der Waals surface area (Å²) in [5.41, 5.74) is 6.73. The molecule has 0 fully saturated rings. The standard InChI is InChI=1S/C13H16N4O2/c1-19-12-4-2-3-10(7-12)13(18)15-5-6-17-9-11(14)8-16-17/h2-4,7-9H,5-6,14H2,1H3,(H,15,18). The van der Waals surface area contributed by atoms with Crippen LogP contribution in [-0.4, -0.2) is 29.3 Å². The Morgan fingerprint density at radius 3 is 3.05 bits per heavy atom. The SMILES string of the molecule is COc1cccc(C(=O)NCCn2cc(N)cn2)c1. The number of nitrogens with two attached hydrogens (primary N) is 1. The molecule has 100 valence electrons. The molecule has 19 heavy (non-hydrogen) atoms. The molecule has 1 heterocycles. The van der Waals surface area contributed by atoms with Crippen LogP contribution in [0.2, 0.25) is 0 Å². The van der Waals surface area contributed by atoms with E-state index in [1.807, 2.05) is 0 Å². The fourth-order valence-corrected chi connectivity index (χ4v) is 1.65. The third-order valence-corrected chi connectivity index (χ3v) is 2.61. The summed E-state index contributed by atoms with van der Waals surface area (Å²) in [6.45, 7) is 1.06. The second-order valence-corrected chi connectivity index (χ2v) is 4.02. The summed E-state index contributed by atoms with van der Waals surface area (Å²) >= 11 is 0. The first-order valence-corrected chi connectivity index (χ1v) is 5.89. The number of aromatic nitrogens is 2. The van der Waals surface area contributed by atoms with E-state index < -0.39 is 0 Å². The molecule has 1 amide bonds. The lowest BCUT2D eigenvalue weighted by atomic mass is 10.2. The van der Waals surface area contributed by atoms with Crippen molar-refractivity contribution < 1.29 is 9.53 Å². The number of nitrogen functional groups attached to an aromatic ring is 1. The van der Waals surface area contributed by atoms with Gasteiger partial charge in [-0.05, 0) is 18.2 Å². The van der Waals surface area contributed by atoms with E-state index in [1.165, 1.54) is 0 Å². The van der Waals surface area contributed by atoms with E-state index in [2.05, 4.69) is 10.4 Å². The molecule has 1 aromatic carbocycles. The average Bonchev–Trinajstić information content (AvgIpc) is 2.84. The minimum Gasteiger partial charge on any atom is -0.497 e. The van der Waals surface area contributed by atoms with Gasteiger partial charge in [0.1, 0.15) is 5.75 Å². The minimum atomic E-state index is -0.140. The zero-order valence-electron chi connectivity index (χ0n) is 10.7. The molecule has 0 bridgehead atoms. The van der Waals surface area contributed by atoms with E-state index >= 15 is 0 Å². The summed E-state index contributed by atoms with van der Waals surface area (Å²) in [7, 11) is 1.57. The van der Waals surface area contributed by atoms with Crippen LogP contribution in [0, 0.1) is 0 Å². The third kappa shape index (κ3) is 3.48. The van der Waals surface area contributed by atoms with Gasteiger partial charge in [0.15, 0.2) is 0 Å². The largest absolute Gasteiger partial charge is 0.497 e. The first kappa shape index (κ1) is 12.9. The average molecular weight is 260 g/mol. The molecule has 0 atom stereocenters. The zero-order valence-corrected chi connectivity index (χ0v) is 10.7. The van der Waals surface area contributed by atoms with Crippen LogP contribution < -0.4 is 15.8 Å². The van der Waals surface area contributed by atoms with Crippen LogP contribution in [0.5, 0.6) is 5.75 Å². The lowest BCUT2D eigenvalue weighted by molar-refractivity contribution is 0.0951. The third-order valence-electron chi connectivity index (χ3n) is 2.61. The fraction of sp³-hybridized carbons (Fsp3) is 0.231. The Labute approximate surface area is 111 Å². The van der Waals surface area contributed by atoms with Crippen molar-refractivity contribution in [3.05, 3.63) is 42.2 Å². The number of ether oxygens (including phenoxy) is 1. The lowest BCUT2D eigenvalue weighted by Gasteiger charge is -2.06. The number of nitrogens with zero attached hydrogens (tertiary/aromatic N) is 2. The summed E-state index contributed by atoms with van der Waals surface area (Å²) < 4.78 is 6.76. The summed E-state index contributed by atoms with van der Waals surface area (Å²) in [5, 5.41) is 6.84. The van der Waals surface area contributed by atoms with E-state index in [-0.39, 0.29) is 5.91 Å². The highest BCUT2D eigenvalue weighted by molar-refractivity contribution is 5.94. The fourth-order valence-electron chi connectivity index (χ4n) is 1.65. The normalized spacial score (nSPS) is 10.2. The van der Waals surface area contributed by atoms with Crippen LogP contribution in [-0.2, 0) is 6.54 Å². The predicted molar refractivity (Wildman–Crippen MR) is 72.0 cm³/mol. The first-order chi connectivity index (χ1) is 9.19. The van der Waals surface area contributed by atoms with Crippen molar-refractivity contribution in [3.63, 3.8) is 0 Å². The van der Waals surface area contributed by atoms with E-state index in [4.69, 9.17) is 10.5 Å². The number of hydrogen-bond acceptors (Lipinski definition) is 4. The number of amides is 1. The molecule has 6 heteroatoms. The molecule has 0 saturated carbocycles. The van der Waals surface area contributed by atoms with Gasteiger partial charge in [0, 0.05) is 18.3 Å².